The molecule has 0 saturated carbocycles. The quantitative estimate of drug-likeness (QED) is 0.521. The van der Waals surface area contributed by atoms with E-state index in [-0.39, 0.29) is 0 Å². The summed E-state index contributed by atoms with van der Waals surface area (Å²) in [5.74, 6) is 1.48. The Morgan fingerprint density at radius 2 is 1.66 bits per heavy atom. The molecule has 0 saturated heterocycles. The second-order valence-corrected chi connectivity index (χ2v) is 6.99. The van der Waals surface area contributed by atoms with E-state index in [1.165, 1.54) is 5.56 Å². The van der Waals surface area contributed by atoms with Crippen molar-refractivity contribution < 1.29 is 14.6 Å². The lowest BCUT2D eigenvalue weighted by atomic mass is 10.1. The Hall–Kier alpha value is -2.82. The van der Waals surface area contributed by atoms with Gasteiger partial charge in [0.1, 0.15) is 6.61 Å². The van der Waals surface area contributed by atoms with Crippen LogP contribution in [-0.2, 0) is 13.2 Å². The van der Waals surface area contributed by atoms with Crippen molar-refractivity contribution in [2.45, 2.75) is 33.1 Å². The molecule has 0 radical (unpaired) electrons. The first kappa shape index (κ1) is 20.9. The third-order valence-electron chi connectivity index (χ3n) is 4.80. The fourth-order valence-electron chi connectivity index (χ4n) is 3.12. The summed E-state index contributed by atoms with van der Waals surface area (Å²) in [5, 5.41) is 13.6. The maximum absolute atomic E-state index is 10.3. The Labute approximate surface area is 173 Å². The van der Waals surface area contributed by atoms with Crippen LogP contribution in [0.2, 0.25) is 0 Å². The second-order valence-electron chi connectivity index (χ2n) is 6.99. The summed E-state index contributed by atoms with van der Waals surface area (Å²) in [7, 11) is 0. The van der Waals surface area contributed by atoms with Crippen molar-refractivity contribution in [1.82, 2.24) is 5.32 Å². The molecule has 3 aromatic rings. The van der Waals surface area contributed by atoms with Crippen molar-refractivity contribution >= 4 is 0 Å². The number of hydrogen-bond acceptors (Lipinski definition) is 4. The van der Waals surface area contributed by atoms with E-state index in [0.29, 0.717) is 26.3 Å². The van der Waals surface area contributed by atoms with Crippen LogP contribution in [0.5, 0.6) is 11.5 Å². The average molecular weight is 392 g/mol. The molecular weight excluding hydrogens is 362 g/mol. The molecule has 4 nitrogen and oxygen atoms in total. The summed E-state index contributed by atoms with van der Waals surface area (Å²) in [5.41, 5.74) is 4.37. The number of hydrogen-bond donors (Lipinski definition) is 2. The number of aliphatic hydroxyl groups is 1. The molecular formula is C25H29NO3. The van der Waals surface area contributed by atoms with Crippen molar-refractivity contribution in [1.29, 1.82) is 0 Å². The summed E-state index contributed by atoms with van der Waals surface area (Å²) >= 11 is 0. The van der Waals surface area contributed by atoms with Gasteiger partial charge < -0.3 is 19.9 Å². The van der Waals surface area contributed by atoms with E-state index in [9.17, 15) is 5.11 Å². The first-order valence-corrected chi connectivity index (χ1v) is 10.0. The molecule has 3 aromatic carbocycles. The Morgan fingerprint density at radius 1 is 0.897 bits per heavy atom. The molecule has 1 atom stereocenters. The van der Waals surface area contributed by atoms with Crippen molar-refractivity contribution in [3.05, 3.63) is 95.1 Å². The van der Waals surface area contributed by atoms with Crippen LogP contribution in [-0.4, -0.2) is 18.3 Å². The lowest BCUT2D eigenvalue weighted by Gasteiger charge is -2.15. The molecule has 0 unspecified atom stereocenters. The van der Waals surface area contributed by atoms with Crippen LogP contribution in [0.25, 0.3) is 0 Å². The molecule has 0 amide bonds. The molecule has 3 rings (SSSR count). The lowest BCUT2D eigenvalue weighted by molar-refractivity contribution is 0.174. The zero-order valence-electron chi connectivity index (χ0n) is 17.1. The molecule has 0 heterocycles. The highest BCUT2D eigenvalue weighted by atomic mass is 16.5. The first-order chi connectivity index (χ1) is 14.2. The first-order valence-electron chi connectivity index (χ1n) is 10.0. The fourth-order valence-corrected chi connectivity index (χ4v) is 3.12. The number of ether oxygens (including phenoxy) is 2. The Balaban J connectivity index is 1.59. The highest BCUT2D eigenvalue weighted by Crippen LogP contribution is 2.29. The standard InChI is InChI=1S/C25H29NO3/c1-3-28-25-15-20(16-26-17-23(27)21-10-5-4-6-11-21)13-14-24(25)29-18-22-12-8-7-9-19(22)2/h4-15,23,26-27H,3,16-18H2,1-2H3/t23-/m1/s1. The van der Waals surface area contributed by atoms with Gasteiger partial charge in [0.2, 0.25) is 0 Å². The van der Waals surface area contributed by atoms with Crippen LogP contribution in [0, 0.1) is 6.92 Å². The minimum absolute atomic E-state index is 0.486. The van der Waals surface area contributed by atoms with Gasteiger partial charge in [-0.15, -0.1) is 0 Å². The molecule has 0 fully saturated rings. The van der Waals surface area contributed by atoms with Gasteiger partial charge in [0.15, 0.2) is 11.5 Å². The van der Waals surface area contributed by atoms with Gasteiger partial charge in [-0.05, 0) is 48.2 Å². The van der Waals surface area contributed by atoms with Crippen molar-refractivity contribution in [3.63, 3.8) is 0 Å². The number of rotatable bonds is 10. The average Bonchev–Trinajstić information content (AvgIpc) is 2.75. The zero-order chi connectivity index (χ0) is 20.5. The normalized spacial score (nSPS) is 11.8. The van der Waals surface area contributed by atoms with Gasteiger partial charge in [-0.1, -0.05) is 60.7 Å². The van der Waals surface area contributed by atoms with Crippen molar-refractivity contribution in [2.24, 2.45) is 0 Å². The van der Waals surface area contributed by atoms with Gasteiger partial charge in [0.25, 0.3) is 0 Å². The second kappa shape index (κ2) is 10.6. The molecule has 152 valence electrons. The van der Waals surface area contributed by atoms with Crippen LogP contribution < -0.4 is 14.8 Å². The predicted molar refractivity (Wildman–Crippen MR) is 116 cm³/mol. The van der Waals surface area contributed by atoms with Crippen LogP contribution >= 0.6 is 0 Å². The smallest absolute Gasteiger partial charge is 0.161 e. The third kappa shape index (κ3) is 6.08. The van der Waals surface area contributed by atoms with E-state index in [0.717, 1.165) is 28.2 Å². The molecule has 0 aliphatic heterocycles. The molecule has 0 aliphatic rings. The molecule has 0 aromatic heterocycles. The highest BCUT2D eigenvalue weighted by Gasteiger charge is 2.09. The van der Waals surface area contributed by atoms with E-state index in [1.54, 1.807) is 0 Å². The SMILES string of the molecule is CCOc1cc(CNC[C@@H](O)c2ccccc2)ccc1OCc1ccccc1C. The van der Waals surface area contributed by atoms with E-state index < -0.39 is 6.10 Å². The Kier molecular flexibility index (Phi) is 7.68. The number of aliphatic hydroxyl groups excluding tert-OH is 1. The number of benzene rings is 3. The van der Waals surface area contributed by atoms with Gasteiger partial charge in [-0.3, -0.25) is 0 Å². The van der Waals surface area contributed by atoms with Gasteiger partial charge in [-0.2, -0.15) is 0 Å². The van der Waals surface area contributed by atoms with E-state index in [1.807, 2.05) is 67.6 Å². The van der Waals surface area contributed by atoms with E-state index >= 15 is 0 Å². The minimum atomic E-state index is -0.528. The monoisotopic (exact) mass is 391 g/mol. The maximum Gasteiger partial charge on any atom is 0.161 e. The molecule has 29 heavy (non-hydrogen) atoms. The van der Waals surface area contributed by atoms with Gasteiger partial charge in [0, 0.05) is 13.1 Å². The molecule has 0 aliphatic carbocycles. The third-order valence-corrected chi connectivity index (χ3v) is 4.80. The van der Waals surface area contributed by atoms with Gasteiger partial charge in [-0.25, -0.2) is 0 Å². The largest absolute Gasteiger partial charge is 0.490 e. The summed E-state index contributed by atoms with van der Waals surface area (Å²) in [6.45, 7) is 6.26. The molecule has 0 bridgehead atoms. The van der Waals surface area contributed by atoms with Crippen LogP contribution in [0.1, 0.15) is 35.3 Å². The summed E-state index contributed by atoms with van der Waals surface area (Å²) in [6.07, 6.45) is -0.528. The lowest BCUT2D eigenvalue weighted by Crippen LogP contribution is -2.21. The van der Waals surface area contributed by atoms with E-state index in [4.69, 9.17) is 9.47 Å². The number of nitrogens with one attached hydrogen (secondary N) is 1. The topological polar surface area (TPSA) is 50.7 Å². The summed E-state index contributed by atoms with van der Waals surface area (Å²) < 4.78 is 11.8. The molecule has 0 spiro atoms. The Bertz CT molecular complexity index is 896. The molecule has 4 heteroatoms. The highest BCUT2D eigenvalue weighted by molar-refractivity contribution is 5.43. The van der Waals surface area contributed by atoms with Gasteiger partial charge in [0.05, 0.1) is 12.7 Å². The van der Waals surface area contributed by atoms with Crippen LogP contribution in [0.4, 0.5) is 0 Å². The van der Waals surface area contributed by atoms with Crippen LogP contribution in [0.3, 0.4) is 0 Å². The van der Waals surface area contributed by atoms with Crippen molar-refractivity contribution in [3.8, 4) is 11.5 Å². The minimum Gasteiger partial charge on any atom is -0.490 e. The summed E-state index contributed by atoms with van der Waals surface area (Å²) in [4.78, 5) is 0. The zero-order valence-corrected chi connectivity index (χ0v) is 17.1. The summed E-state index contributed by atoms with van der Waals surface area (Å²) in [6, 6.07) is 23.9. The Morgan fingerprint density at radius 3 is 2.41 bits per heavy atom. The molecule has 2 N–H and O–H groups in total. The maximum atomic E-state index is 10.3. The van der Waals surface area contributed by atoms with Gasteiger partial charge >= 0.3 is 0 Å². The predicted octanol–water partition coefficient (Wildman–Crippen LogP) is 4.80. The van der Waals surface area contributed by atoms with Crippen molar-refractivity contribution in [2.75, 3.05) is 13.2 Å². The number of aryl methyl sites for hydroxylation is 1. The van der Waals surface area contributed by atoms with E-state index in [2.05, 4.69) is 24.4 Å². The van der Waals surface area contributed by atoms with Crippen LogP contribution in [0.15, 0.2) is 72.8 Å². The fraction of sp³-hybridized carbons (Fsp3) is 0.280.